The molecule has 0 fully saturated rings. The van der Waals surface area contributed by atoms with Gasteiger partial charge in [0.2, 0.25) is 11.8 Å². The molecule has 2 amide bonds. The number of nitrogens with one attached hydrogen (secondary N) is 1. The lowest BCUT2D eigenvalue weighted by Gasteiger charge is -2.23. The van der Waals surface area contributed by atoms with E-state index < -0.39 is 5.97 Å². The number of carbonyl (C=O) groups excluding carboxylic acids is 2. The molecule has 10 heteroatoms. The Balaban J connectivity index is 1.83. The first-order valence-corrected chi connectivity index (χ1v) is 9.37. The van der Waals surface area contributed by atoms with Crippen LogP contribution in [0.25, 0.3) is 0 Å². The van der Waals surface area contributed by atoms with Gasteiger partial charge in [-0.1, -0.05) is 23.4 Å². The number of carboxylic acid groups (broad SMARTS) is 1. The third-order valence-corrected chi connectivity index (χ3v) is 4.39. The predicted octanol–water partition coefficient (Wildman–Crippen LogP) is 0.570. The summed E-state index contributed by atoms with van der Waals surface area (Å²) in [5, 5.41) is 19.6. The highest BCUT2D eigenvalue weighted by Gasteiger charge is 2.19. The highest BCUT2D eigenvalue weighted by Crippen LogP contribution is 2.21. The van der Waals surface area contributed by atoms with Crippen LogP contribution in [0.3, 0.4) is 0 Å². The lowest BCUT2D eigenvalue weighted by molar-refractivity contribution is -0.137. The van der Waals surface area contributed by atoms with E-state index >= 15 is 0 Å². The first-order chi connectivity index (χ1) is 14.0. The molecule has 3 rings (SSSR count). The van der Waals surface area contributed by atoms with Gasteiger partial charge in [0.05, 0.1) is 19.3 Å². The molecule has 0 saturated carbocycles. The molecule has 2 aromatic rings. The number of carboxylic acids is 1. The SMILES string of the molecule is O=C(O)CCCC(=O)N1Cc2cn(nn2)CC(=O)NCCOc2ccccc2C1. The summed E-state index contributed by atoms with van der Waals surface area (Å²) in [5.74, 6) is -0.693. The summed E-state index contributed by atoms with van der Waals surface area (Å²) in [5.41, 5.74) is 1.36. The van der Waals surface area contributed by atoms with Gasteiger partial charge in [0.1, 0.15) is 24.6 Å². The molecule has 1 aromatic carbocycles. The molecule has 0 saturated heterocycles. The van der Waals surface area contributed by atoms with Crippen LogP contribution in [0.5, 0.6) is 5.75 Å². The third-order valence-electron chi connectivity index (χ3n) is 4.39. The summed E-state index contributed by atoms with van der Waals surface area (Å²) >= 11 is 0. The van der Waals surface area contributed by atoms with Crippen molar-refractivity contribution in [2.45, 2.75) is 38.9 Å². The lowest BCUT2D eigenvalue weighted by atomic mass is 10.1. The van der Waals surface area contributed by atoms with Crippen molar-refractivity contribution >= 4 is 17.8 Å². The summed E-state index contributed by atoms with van der Waals surface area (Å²) in [6.07, 6.45) is 1.94. The lowest BCUT2D eigenvalue weighted by Crippen LogP contribution is -2.32. The summed E-state index contributed by atoms with van der Waals surface area (Å²) < 4.78 is 7.20. The average Bonchev–Trinajstić information content (AvgIpc) is 3.11. The van der Waals surface area contributed by atoms with Crippen molar-refractivity contribution in [3.63, 3.8) is 0 Å². The van der Waals surface area contributed by atoms with E-state index in [1.165, 1.54) is 4.68 Å². The fraction of sp³-hybridized carbons (Fsp3) is 0.421. The molecule has 2 heterocycles. The number of hydrogen-bond donors (Lipinski definition) is 2. The molecule has 0 radical (unpaired) electrons. The summed E-state index contributed by atoms with van der Waals surface area (Å²) in [7, 11) is 0. The van der Waals surface area contributed by atoms with Crippen LogP contribution in [-0.2, 0) is 34.0 Å². The normalized spacial score (nSPS) is 14.9. The summed E-state index contributed by atoms with van der Waals surface area (Å²) in [6, 6.07) is 7.38. The Morgan fingerprint density at radius 3 is 2.83 bits per heavy atom. The average molecular weight is 401 g/mol. The van der Waals surface area contributed by atoms with Gasteiger partial charge in [-0.25, -0.2) is 4.68 Å². The molecule has 0 atom stereocenters. The minimum Gasteiger partial charge on any atom is -0.491 e. The summed E-state index contributed by atoms with van der Waals surface area (Å²) in [6.45, 7) is 1.14. The maximum atomic E-state index is 12.8. The molecule has 1 aliphatic heterocycles. The Morgan fingerprint density at radius 1 is 1.17 bits per heavy atom. The van der Waals surface area contributed by atoms with Crippen molar-refractivity contribution in [1.82, 2.24) is 25.2 Å². The van der Waals surface area contributed by atoms with E-state index in [1.807, 2.05) is 24.3 Å². The van der Waals surface area contributed by atoms with Crippen LogP contribution in [0, 0.1) is 0 Å². The molecule has 0 spiro atoms. The molecule has 0 aliphatic carbocycles. The fourth-order valence-corrected chi connectivity index (χ4v) is 3.00. The minimum atomic E-state index is -0.932. The Labute approximate surface area is 167 Å². The zero-order valence-electron chi connectivity index (χ0n) is 15.9. The van der Waals surface area contributed by atoms with Crippen molar-refractivity contribution in [2.75, 3.05) is 13.2 Å². The molecule has 2 bridgehead atoms. The number of fused-ring (bicyclic) bond motifs is 3. The number of benzene rings is 1. The van der Waals surface area contributed by atoms with Crippen molar-refractivity contribution in [1.29, 1.82) is 0 Å². The molecule has 0 unspecified atom stereocenters. The second kappa shape index (κ2) is 9.67. The largest absolute Gasteiger partial charge is 0.491 e. The Morgan fingerprint density at radius 2 is 2.00 bits per heavy atom. The molecule has 29 heavy (non-hydrogen) atoms. The number of nitrogens with zero attached hydrogens (tertiary/aromatic N) is 4. The maximum absolute atomic E-state index is 12.8. The number of amides is 2. The van der Waals surface area contributed by atoms with E-state index in [0.717, 1.165) is 5.56 Å². The van der Waals surface area contributed by atoms with Gasteiger partial charge in [0.15, 0.2) is 0 Å². The van der Waals surface area contributed by atoms with Gasteiger partial charge in [-0.05, 0) is 12.5 Å². The van der Waals surface area contributed by atoms with Crippen LogP contribution >= 0.6 is 0 Å². The Bertz CT molecular complexity index is 881. The zero-order chi connectivity index (χ0) is 20.6. The number of rotatable bonds is 4. The highest BCUT2D eigenvalue weighted by molar-refractivity contribution is 5.77. The zero-order valence-corrected chi connectivity index (χ0v) is 15.9. The fourth-order valence-electron chi connectivity index (χ4n) is 3.00. The van der Waals surface area contributed by atoms with Crippen LogP contribution in [0.4, 0.5) is 0 Å². The quantitative estimate of drug-likeness (QED) is 0.767. The number of ether oxygens (including phenoxy) is 1. The van der Waals surface area contributed by atoms with Crippen LogP contribution in [0.1, 0.15) is 30.5 Å². The van der Waals surface area contributed by atoms with Gasteiger partial charge in [-0.15, -0.1) is 5.10 Å². The van der Waals surface area contributed by atoms with E-state index in [9.17, 15) is 14.4 Å². The van der Waals surface area contributed by atoms with E-state index in [2.05, 4.69) is 15.6 Å². The van der Waals surface area contributed by atoms with E-state index in [-0.39, 0.29) is 50.8 Å². The standard InChI is InChI=1S/C19H23N5O5/c25-17-13-24-12-15(21-22-24)11-23(18(26)6-3-7-19(27)28)10-14-4-1-2-5-16(14)29-9-8-20-17/h1-2,4-5,12H,3,6-11,13H2,(H,20,25)(H,27,28). The van der Waals surface area contributed by atoms with E-state index in [4.69, 9.17) is 9.84 Å². The third kappa shape index (κ3) is 6.03. The number of hydrogen-bond acceptors (Lipinski definition) is 6. The first kappa shape index (κ1) is 20.3. The van der Waals surface area contributed by atoms with Crippen molar-refractivity contribution in [2.24, 2.45) is 0 Å². The first-order valence-electron chi connectivity index (χ1n) is 9.37. The van der Waals surface area contributed by atoms with Crippen molar-refractivity contribution in [3.05, 3.63) is 41.7 Å². The van der Waals surface area contributed by atoms with E-state index in [0.29, 0.717) is 24.5 Å². The number of carbonyl (C=O) groups is 3. The Hall–Kier alpha value is -3.43. The second-order valence-electron chi connectivity index (χ2n) is 6.71. The predicted molar refractivity (Wildman–Crippen MR) is 101 cm³/mol. The van der Waals surface area contributed by atoms with Crippen LogP contribution in [-0.4, -0.2) is 55.9 Å². The molecule has 2 N–H and O–H groups in total. The number of para-hydroxylation sites is 1. The monoisotopic (exact) mass is 401 g/mol. The molecule has 10 nitrogen and oxygen atoms in total. The molecule has 154 valence electrons. The van der Waals surface area contributed by atoms with Gasteiger partial charge in [-0.3, -0.25) is 14.4 Å². The minimum absolute atomic E-state index is 0.0240. The molecular formula is C19H23N5O5. The number of aliphatic carboxylic acids is 1. The Kier molecular flexibility index (Phi) is 6.77. The van der Waals surface area contributed by atoms with Gasteiger partial charge in [0.25, 0.3) is 0 Å². The molecular weight excluding hydrogens is 378 g/mol. The van der Waals surface area contributed by atoms with Crippen molar-refractivity contribution < 1.29 is 24.2 Å². The topological polar surface area (TPSA) is 127 Å². The van der Waals surface area contributed by atoms with E-state index in [1.54, 1.807) is 11.1 Å². The highest BCUT2D eigenvalue weighted by atomic mass is 16.5. The van der Waals surface area contributed by atoms with Crippen LogP contribution in [0.2, 0.25) is 0 Å². The van der Waals surface area contributed by atoms with Gasteiger partial charge in [0, 0.05) is 24.9 Å². The van der Waals surface area contributed by atoms with Crippen molar-refractivity contribution in [3.8, 4) is 5.75 Å². The van der Waals surface area contributed by atoms with Gasteiger partial charge in [-0.2, -0.15) is 0 Å². The molecule has 1 aromatic heterocycles. The smallest absolute Gasteiger partial charge is 0.303 e. The van der Waals surface area contributed by atoms with Crippen LogP contribution in [0.15, 0.2) is 30.5 Å². The second-order valence-corrected chi connectivity index (χ2v) is 6.71. The van der Waals surface area contributed by atoms with Gasteiger partial charge >= 0.3 is 5.97 Å². The summed E-state index contributed by atoms with van der Waals surface area (Å²) in [4.78, 5) is 37.1. The number of aromatic nitrogens is 3. The van der Waals surface area contributed by atoms with Crippen LogP contribution < -0.4 is 10.1 Å². The maximum Gasteiger partial charge on any atom is 0.303 e. The van der Waals surface area contributed by atoms with Gasteiger partial charge < -0.3 is 20.1 Å². The molecule has 1 aliphatic rings.